The van der Waals surface area contributed by atoms with Crippen LogP contribution in [0.15, 0.2) is 17.3 Å². The maximum atomic E-state index is 11.5. The first-order valence-electron chi connectivity index (χ1n) is 4.62. The number of methoxy groups -OCH3 is 2. The molecule has 1 aromatic rings. The van der Waals surface area contributed by atoms with Crippen LogP contribution in [0.2, 0.25) is 0 Å². The van der Waals surface area contributed by atoms with Crippen molar-refractivity contribution in [1.82, 2.24) is 4.98 Å². The number of carbonyl (C=O) groups is 2. The number of carbonyl (C=O) groups excluding carboxylic acids is 2. The van der Waals surface area contributed by atoms with Gasteiger partial charge in [0, 0.05) is 0 Å². The zero-order valence-electron chi connectivity index (χ0n) is 9.43. The highest BCUT2D eigenvalue weighted by atomic mass is 32.2. The van der Waals surface area contributed by atoms with Gasteiger partial charge in [0.05, 0.1) is 37.4 Å². The number of anilines is 1. The standard InChI is InChI=1S/C10H12N2O4S/c1-15-8(13)5-17-9-7(10(14)16-2)3-6(11)4-12-9/h3-4H,5,11H2,1-2H3. The summed E-state index contributed by atoms with van der Waals surface area (Å²) in [5.74, 6) is -0.876. The summed E-state index contributed by atoms with van der Waals surface area (Å²) in [4.78, 5) is 26.4. The molecule has 0 amide bonds. The average Bonchev–Trinajstić information content (AvgIpc) is 2.35. The molecule has 0 radical (unpaired) electrons. The summed E-state index contributed by atoms with van der Waals surface area (Å²) in [6, 6.07) is 1.46. The van der Waals surface area contributed by atoms with Crippen molar-refractivity contribution in [2.75, 3.05) is 25.7 Å². The number of rotatable bonds is 4. The molecule has 7 heteroatoms. The van der Waals surface area contributed by atoms with Gasteiger partial charge in [-0.3, -0.25) is 4.79 Å². The Balaban J connectivity index is 2.90. The summed E-state index contributed by atoms with van der Waals surface area (Å²) in [5, 5.41) is 0.386. The summed E-state index contributed by atoms with van der Waals surface area (Å²) >= 11 is 1.09. The van der Waals surface area contributed by atoms with Gasteiger partial charge < -0.3 is 15.2 Å². The van der Waals surface area contributed by atoms with Gasteiger partial charge in [-0.1, -0.05) is 11.8 Å². The maximum Gasteiger partial charge on any atom is 0.340 e. The molecule has 92 valence electrons. The molecule has 0 aliphatic heterocycles. The molecule has 1 aromatic heterocycles. The highest BCUT2D eigenvalue weighted by Gasteiger charge is 2.15. The quantitative estimate of drug-likeness (QED) is 0.626. The van der Waals surface area contributed by atoms with E-state index in [2.05, 4.69) is 14.5 Å². The van der Waals surface area contributed by atoms with Gasteiger partial charge in [0.25, 0.3) is 0 Å². The molecule has 1 rings (SSSR count). The average molecular weight is 256 g/mol. The van der Waals surface area contributed by atoms with Gasteiger partial charge in [-0.05, 0) is 6.07 Å². The third-order valence-corrected chi connectivity index (χ3v) is 2.81. The number of aromatic nitrogens is 1. The van der Waals surface area contributed by atoms with Crippen LogP contribution in [0.4, 0.5) is 5.69 Å². The summed E-state index contributed by atoms with van der Waals surface area (Å²) in [5.41, 5.74) is 6.12. The lowest BCUT2D eigenvalue weighted by atomic mass is 10.3. The van der Waals surface area contributed by atoms with E-state index in [1.54, 1.807) is 0 Å². The van der Waals surface area contributed by atoms with Crippen molar-refractivity contribution in [2.45, 2.75) is 5.03 Å². The van der Waals surface area contributed by atoms with Gasteiger partial charge in [0.1, 0.15) is 5.03 Å². The highest BCUT2D eigenvalue weighted by molar-refractivity contribution is 8.00. The molecule has 0 aliphatic carbocycles. The van der Waals surface area contributed by atoms with Gasteiger partial charge >= 0.3 is 11.9 Å². The summed E-state index contributed by atoms with van der Waals surface area (Å²) in [6.07, 6.45) is 1.41. The minimum absolute atomic E-state index is 0.0669. The molecule has 17 heavy (non-hydrogen) atoms. The minimum Gasteiger partial charge on any atom is -0.468 e. The Hall–Kier alpha value is -1.76. The molecule has 0 bridgehead atoms. The zero-order chi connectivity index (χ0) is 12.8. The van der Waals surface area contributed by atoms with E-state index in [-0.39, 0.29) is 11.3 Å². The molecule has 0 fully saturated rings. The normalized spacial score (nSPS) is 9.76. The summed E-state index contributed by atoms with van der Waals surface area (Å²) < 4.78 is 9.09. The van der Waals surface area contributed by atoms with E-state index >= 15 is 0 Å². The van der Waals surface area contributed by atoms with Gasteiger partial charge in [-0.2, -0.15) is 0 Å². The molecule has 6 nitrogen and oxygen atoms in total. The second kappa shape index (κ2) is 6.09. The Morgan fingerprint density at radius 1 is 1.41 bits per heavy atom. The number of hydrogen-bond acceptors (Lipinski definition) is 7. The number of esters is 2. The molecule has 0 spiro atoms. The van der Waals surface area contributed by atoms with Crippen LogP contribution in [0.1, 0.15) is 10.4 Å². The lowest BCUT2D eigenvalue weighted by molar-refractivity contribution is -0.137. The number of hydrogen-bond donors (Lipinski definition) is 1. The molecule has 0 unspecified atom stereocenters. The Morgan fingerprint density at radius 2 is 2.12 bits per heavy atom. The molecule has 0 atom stereocenters. The van der Waals surface area contributed by atoms with Crippen molar-refractivity contribution in [3.8, 4) is 0 Å². The Morgan fingerprint density at radius 3 is 2.71 bits per heavy atom. The summed E-state index contributed by atoms with van der Waals surface area (Å²) in [6.45, 7) is 0. The van der Waals surface area contributed by atoms with Crippen LogP contribution < -0.4 is 5.73 Å². The van der Waals surface area contributed by atoms with Gasteiger partial charge in [-0.15, -0.1) is 0 Å². The van der Waals surface area contributed by atoms with Crippen LogP contribution in [-0.4, -0.2) is 36.9 Å². The van der Waals surface area contributed by atoms with Gasteiger partial charge in [-0.25, -0.2) is 9.78 Å². The lowest BCUT2D eigenvalue weighted by Gasteiger charge is -2.06. The second-order valence-corrected chi connectivity index (χ2v) is 3.94. The molecule has 0 saturated heterocycles. The van der Waals surface area contributed by atoms with E-state index in [1.165, 1.54) is 26.5 Å². The molecule has 0 saturated carbocycles. The first-order valence-corrected chi connectivity index (χ1v) is 5.60. The van der Waals surface area contributed by atoms with Gasteiger partial charge in [0.15, 0.2) is 0 Å². The van der Waals surface area contributed by atoms with Crippen molar-refractivity contribution in [2.24, 2.45) is 0 Å². The van der Waals surface area contributed by atoms with E-state index in [0.717, 1.165) is 11.8 Å². The van der Waals surface area contributed by atoms with Crippen LogP contribution in [0.3, 0.4) is 0 Å². The Kier molecular flexibility index (Phi) is 4.77. The first-order chi connectivity index (χ1) is 8.08. The van der Waals surface area contributed by atoms with Crippen molar-refractivity contribution in [3.05, 3.63) is 17.8 Å². The number of pyridine rings is 1. The Labute approximate surface area is 102 Å². The molecule has 1 heterocycles. The molecule has 2 N–H and O–H groups in total. The lowest BCUT2D eigenvalue weighted by Crippen LogP contribution is -2.08. The summed E-state index contributed by atoms with van der Waals surface area (Å²) in [7, 11) is 2.56. The van der Waals surface area contributed by atoms with Crippen molar-refractivity contribution in [3.63, 3.8) is 0 Å². The molecule has 0 aliphatic rings. The fourth-order valence-corrected chi connectivity index (χ4v) is 1.82. The Bertz CT molecular complexity index is 436. The molecule has 0 aromatic carbocycles. The fourth-order valence-electron chi connectivity index (χ4n) is 1.03. The van der Waals surface area contributed by atoms with Crippen LogP contribution >= 0.6 is 11.8 Å². The van der Waals surface area contributed by atoms with Crippen LogP contribution in [0, 0.1) is 0 Å². The van der Waals surface area contributed by atoms with Crippen LogP contribution in [0.25, 0.3) is 0 Å². The van der Waals surface area contributed by atoms with E-state index in [1.807, 2.05) is 0 Å². The van der Waals surface area contributed by atoms with E-state index < -0.39 is 11.9 Å². The second-order valence-electron chi connectivity index (χ2n) is 2.98. The predicted molar refractivity (Wildman–Crippen MR) is 62.7 cm³/mol. The molecular weight excluding hydrogens is 244 g/mol. The highest BCUT2D eigenvalue weighted by Crippen LogP contribution is 2.22. The van der Waals surface area contributed by atoms with E-state index in [4.69, 9.17) is 5.73 Å². The number of nitrogen functional groups attached to an aromatic ring is 1. The van der Waals surface area contributed by atoms with E-state index in [0.29, 0.717) is 10.7 Å². The maximum absolute atomic E-state index is 11.5. The molecular formula is C10H12N2O4S. The minimum atomic E-state index is -0.544. The third-order valence-electron chi connectivity index (χ3n) is 1.83. The van der Waals surface area contributed by atoms with Crippen molar-refractivity contribution >= 4 is 29.4 Å². The number of nitrogens with zero attached hydrogens (tertiary/aromatic N) is 1. The smallest absolute Gasteiger partial charge is 0.340 e. The largest absolute Gasteiger partial charge is 0.468 e. The van der Waals surface area contributed by atoms with Crippen molar-refractivity contribution < 1.29 is 19.1 Å². The van der Waals surface area contributed by atoms with Gasteiger partial charge in [0.2, 0.25) is 0 Å². The number of nitrogens with two attached hydrogens (primary N) is 1. The predicted octanol–water partition coefficient (Wildman–Crippen LogP) is 0.715. The third kappa shape index (κ3) is 3.63. The SMILES string of the molecule is COC(=O)CSc1ncc(N)cc1C(=O)OC. The van der Waals surface area contributed by atoms with Crippen LogP contribution in [0.5, 0.6) is 0 Å². The first kappa shape index (κ1) is 13.3. The van der Waals surface area contributed by atoms with E-state index in [9.17, 15) is 9.59 Å². The fraction of sp³-hybridized carbons (Fsp3) is 0.300. The zero-order valence-corrected chi connectivity index (χ0v) is 10.2. The topological polar surface area (TPSA) is 91.5 Å². The number of thioether (sulfide) groups is 1. The van der Waals surface area contributed by atoms with Crippen LogP contribution in [-0.2, 0) is 14.3 Å². The van der Waals surface area contributed by atoms with Crippen molar-refractivity contribution in [1.29, 1.82) is 0 Å². The number of ether oxygens (including phenoxy) is 2. The monoisotopic (exact) mass is 256 g/mol.